The summed E-state index contributed by atoms with van der Waals surface area (Å²) >= 11 is 0. The van der Waals surface area contributed by atoms with Gasteiger partial charge in [0.05, 0.1) is 13.2 Å². The Morgan fingerprint density at radius 3 is 2.59 bits per heavy atom. The number of hydrogen-bond donors (Lipinski definition) is 2. The van der Waals surface area contributed by atoms with E-state index in [0.29, 0.717) is 22.6 Å². The number of benzene rings is 2. The van der Waals surface area contributed by atoms with Crippen LogP contribution in [0.25, 0.3) is 11.4 Å². The minimum Gasteiger partial charge on any atom is -0.497 e. The fourth-order valence-corrected chi connectivity index (χ4v) is 3.50. The molecule has 0 radical (unpaired) electrons. The molecule has 8 heteroatoms. The number of nitrogens with one attached hydrogen (secondary N) is 1. The molecule has 0 bridgehead atoms. The van der Waals surface area contributed by atoms with Gasteiger partial charge in [-0.2, -0.15) is 0 Å². The third-order valence-electron chi connectivity index (χ3n) is 5.21. The molecule has 168 valence electrons. The van der Waals surface area contributed by atoms with Crippen LogP contribution in [0.4, 0.5) is 4.39 Å². The van der Waals surface area contributed by atoms with Gasteiger partial charge in [0, 0.05) is 29.8 Å². The van der Waals surface area contributed by atoms with Crippen molar-refractivity contribution in [2.24, 2.45) is 0 Å². The molecule has 0 aliphatic heterocycles. The maximum atomic E-state index is 13.8. The molecule has 3 aromatic rings. The number of ether oxygens (including phenoxy) is 1. The number of methoxy groups -OCH3 is 1. The zero-order chi connectivity index (χ0) is 23.3. The number of amides is 1. The Labute approximate surface area is 185 Å². The Hall–Kier alpha value is -3.52. The monoisotopic (exact) mass is 439 g/mol. The van der Waals surface area contributed by atoms with Crippen LogP contribution in [0.15, 0.2) is 53.3 Å². The van der Waals surface area contributed by atoms with E-state index in [1.165, 1.54) is 22.8 Å². The standard InChI is InChI=1S/C24H26FN3O4/c1-15(17-7-9-20(32-3)10-8-17)26-22(30)14-28-23(18-5-4-6-19(25)13-18)27-16(2)21(11-12-29)24(28)31/h4-10,13,15,29H,11-12,14H2,1-3H3,(H,26,30)/t15-/m0/s1. The number of aryl methyl sites for hydroxylation is 1. The Morgan fingerprint density at radius 2 is 1.97 bits per heavy atom. The maximum Gasteiger partial charge on any atom is 0.257 e. The summed E-state index contributed by atoms with van der Waals surface area (Å²) in [6, 6.07) is 12.7. The van der Waals surface area contributed by atoms with Crippen LogP contribution in [0.3, 0.4) is 0 Å². The van der Waals surface area contributed by atoms with Crippen LogP contribution in [-0.4, -0.2) is 34.3 Å². The van der Waals surface area contributed by atoms with E-state index >= 15 is 0 Å². The van der Waals surface area contributed by atoms with Crippen LogP contribution in [-0.2, 0) is 17.8 Å². The Bertz CT molecular complexity index is 1160. The minimum atomic E-state index is -0.474. The third kappa shape index (κ3) is 5.20. The summed E-state index contributed by atoms with van der Waals surface area (Å²) in [6.45, 7) is 2.97. The number of nitrogens with zero attached hydrogens (tertiary/aromatic N) is 2. The van der Waals surface area contributed by atoms with Gasteiger partial charge >= 0.3 is 0 Å². The number of halogens is 1. The van der Waals surface area contributed by atoms with Crippen molar-refractivity contribution in [2.75, 3.05) is 13.7 Å². The molecule has 0 aliphatic rings. The number of carbonyl (C=O) groups is 1. The summed E-state index contributed by atoms with van der Waals surface area (Å²) in [5.74, 6) is 0.0354. The average molecular weight is 439 g/mol. The van der Waals surface area contributed by atoms with Crippen molar-refractivity contribution in [3.63, 3.8) is 0 Å². The van der Waals surface area contributed by atoms with Crippen molar-refractivity contribution in [2.45, 2.75) is 32.9 Å². The van der Waals surface area contributed by atoms with E-state index < -0.39 is 17.3 Å². The summed E-state index contributed by atoms with van der Waals surface area (Å²) in [4.78, 5) is 30.4. The van der Waals surface area contributed by atoms with Crippen molar-refractivity contribution in [3.8, 4) is 17.1 Å². The van der Waals surface area contributed by atoms with Gasteiger partial charge in [-0.25, -0.2) is 9.37 Å². The predicted molar refractivity (Wildman–Crippen MR) is 119 cm³/mol. The molecule has 1 heterocycles. The smallest absolute Gasteiger partial charge is 0.257 e. The first kappa shape index (κ1) is 23.1. The number of aliphatic hydroxyl groups excluding tert-OH is 1. The zero-order valence-corrected chi connectivity index (χ0v) is 18.3. The van der Waals surface area contributed by atoms with Crippen molar-refractivity contribution in [1.82, 2.24) is 14.9 Å². The lowest BCUT2D eigenvalue weighted by molar-refractivity contribution is -0.122. The molecular formula is C24H26FN3O4. The van der Waals surface area contributed by atoms with E-state index in [2.05, 4.69) is 10.3 Å². The van der Waals surface area contributed by atoms with E-state index in [-0.39, 0.29) is 31.4 Å². The highest BCUT2D eigenvalue weighted by Crippen LogP contribution is 2.20. The molecule has 0 aliphatic carbocycles. The molecule has 0 saturated heterocycles. The topological polar surface area (TPSA) is 93.4 Å². The minimum absolute atomic E-state index is 0.116. The molecule has 0 fully saturated rings. The lowest BCUT2D eigenvalue weighted by atomic mass is 10.1. The van der Waals surface area contributed by atoms with Crippen molar-refractivity contribution in [1.29, 1.82) is 0 Å². The van der Waals surface area contributed by atoms with Crippen LogP contribution in [0.5, 0.6) is 5.75 Å². The maximum absolute atomic E-state index is 13.8. The third-order valence-corrected chi connectivity index (χ3v) is 5.21. The van der Waals surface area contributed by atoms with E-state index in [9.17, 15) is 19.1 Å². The van der Waals surface area contributed by atoms with Crippen LogP contribution in [0.2, 0.25) is 0 Å². The average Bonchev–Trinajstić information content (AvgIpc) is 2.78. The Balaban J connectivity index is 1.93. The highest BCUT2D eigenvalue weighted by Gasteiger charge is 2.19. The Kier molecular flexibility index (Phi) is 7.37. The molecule has 32 heavy (non-hydrogen) atoms. The number of rotatable bonds is 8. The summed E-state index contributed by atoms with van der Waals surface area (Å²) in [5.41, 5.74) is 1.59. The van der Waals surface area contributed by atoms with Crippen LogP contribution < -0.4 is 15.6 Å². The first-order valence-electron chi connectivity index (χ1n) is 10.2. The second-order valence-electron chi connectivity index (χ2n) is 7.44. The van der Waals surface area contributed by atoms with Crippen molar-refractivity contribution < 1.29 is 19.0 Å². The molecule has 2 N–H and O–H groups in total. The zero-order valence-electron chi connectivity index (χ0n) is 18.3. The van der Waals surface area contributed by atoms with Crippen LogP contribution in [0, 0.1) is 12.7 Å². The normalized spacial score (nSPS) is 11.8. The number of hydrogen-bond acceptors (Lipinski definition) is 5. The van der Waals surface area contributed by atoms with Gasteiger partial charge in [0.15, 0.2) is 0 Å². The van der Waals surface area contributed by atoms with Gasteiger partial charge in [0.2, 0.25) is 5.91 Å². The second-order valence-corrected chi connectivity index (χ2v) is 7.44. The van der Waals surface area contributed by atoms with E-state index in [0.717, 1.165) is 5.56 Å². The largest absolute Gasteiger partial charge is 0.497 e. The fraction of sp³-hybridized carbons (Fsp3) is 0.292. The lowest BCUT2D eigenvalue weighted by Gasteiger charge is -2.18. The highest BCUT2D eigenvalue weighted by atomic mass is 19.1. The summed E-state index contributed by atoms with van der Waals surface area (Å²) in [6.07, 6.45) is 0.116. The van der Waals surface area contributed by atoms with Crippen LogP contribution in [0.1, 0.15) is 29.8 Å². The van der Waals surface area contributed by atoms with E-state index in [4.69, 9.17) is 4.74 Å². The highest BCUT2D eigenvalue weighted by molar-refractivity contribution is 5.77. The molecule has 1 amide bonds. The molecule has 2 aromatic carbocycles. The molecule has 0 saturated carbocycles. The summed E-state index contributed by atoms with van der Waals surface area (Å²) < 4.78 is 20.2. The van der Waals surface area contributed by atoms with Crippen LogP contribution >= 0.6 is 0 Å². The van der Waals surface area contributed by atoms with E-state index in [1.54, 1.807) is 32.2 Å². The fourth-order valence-electron chi connectivity index (χ4n) is 3.50. The van der Waals surface area contributed by atoms with Gasteiger partial charge in [-0.15, -0.1) is 0 Å². The van der Waals surface area contributed by atoms with Crippen molar-refractivity contribution >= 4 is 5.91 Å². The lowest BCUT2D eigenvalue weighted by Crippen LogP contribution is -2.36. The molecule has 7 nitrogen and oxygen atoms in total. The van der Waals surface area contributed by atoms with Gasteiger partial charge in [0.25, 0.3) is 5.56 Å². The van der Waals surface area contributed by atoms with Gasteiger partial charge in [-0.1, -0.05) is 24.3 Å². The van der Waals surface area contributed by atoms with Crippen molar-refractivity contribution in [3.05, 3.63) is 81.5 Å². The molecule has 1 atom stereocenters. The van der Waals surface area contributed by atoms with Gasteiger partial charge in [-0.05, 0) is 43.7 Å². The van der Waals surface area contributed by atoms with Gasteiger partial charge in [0.1, 0.15) is 23.9 Å². The van der Waals surface area contributed by atoms with Gasteiger partial charge < -0.3 is 15.2 Å². The molecule has 0 unspecified atom stereocenters. The SMILES string of the molecule is COc1ccc([C@H](C)NC(=O)Cn2c(-c3cccc(F)c3)nc(C)c(CCO)c2=O)cc1. The number of carbonyl (C=O) groups excluding carboxylic acids is 1. The Morgan fingerprint density at radius 1 is 1.25 bits per heavy atom. The summed E-state index contributed by atoms with van der Waals surface area (Å²) in [7, 11) is 1.58. The molecule has 3 rings (SSSR count). The molecular weight excluding hydrogens is 413 g/mol. The molecule has 1 aromatic heterocycles. The second kappa shape index (κ2) is 10.2. The summed E-state index contributed by atoms with van der Waals surface area (Å²) in [5, 5.41) is 12.2. The first-order valence-corrected chi connectivity index (χ1v) is 10.2. The molecule has 0 spiro atoms. The predicted octanol–water partition coefficient (Wildman–Crippen LogP) is 2.78. The van der Waals surface area contributed by atoms with E-state index in [1.807, 2.05) is 19.1 Å². The quantitative estimate of drug-likeness (QED) is 0.563. The first-order chi connectivity index (χ1) is 15.3. The van der Waals surface area contributed by atoms with Gasteiger partial charge in [-0.3, -0.25) is 14.2 Å². The number of aromatic nitrogens is 2. The number of aliphatic hydroxyl groups is 1.